The second-order valence-electron chi connectivity index (χ2n) is 4.29. The van der Waals surface area contributed by atoms with Crippen LogP contribution in [-0.4, -0.2) is 5.78 Å². The van der Waals surface area contributed by atoms with Crippen LogP contribution in [0.1, 0.15) is 21.5 Å². The average Bonchev–Trinajstić information content (AvgIpc) is 2.45. The topological polar surface area (TPSA) is 17.1 Å². The molecule has 2 aromatic rings. The molecule has 0 fully saturated rings. The van der Waals surface area contributed by atoms with Gasteiger partial charge in [-0.15, -0.1) is 0 Å². The molecule has 0 radical (unpaired) electrons. The van der Waals surface area contributed by atoms with Crippen LogP contribution < -0.4 is 0 Å². The highest BCUT2D eigenvalue weighted by atomic mass is 19.4. The van der Waals surface area contributed by atoms with Gasteiger partial charge in [-0.25, -0.2) is 4.39 Å². The fourth-order valence-electron chi connectivity index (χ4n) is 1.70. The molecule has 0 heterocycles. The van der Waals surface area contributed by atoms with Crippen molar-refractivity contribution in [2.45, 2.75) is 6.18 Å². The van der Waals surface area contributed by atoms with Crippen molar-refractivity contribution in [3.8, 4) is 0 Å². The lowest BCUT2D eigenvalue weighted by Crippen LogP contribution is -2.05. The van der Waals surface area contributed by atoms with Gasteiger partial charge in [-0.2, -0.15) is 13.2 Å². The van der Waals surface area contributed by atoms with Gasteiger partial charge >= 0.3 is 6.18 Å². The molecular weight excluding hydrogens is 284 g/mol. The van der Waals surface area contributed by atoms with Gasteiger partial charge in [-0.05, 0) is 30.4 Å². The van der Waals surface area contributed by atoms with Crippen molar-refractivity contribution in [3.05, 3.63) is 77.1 Å². The van der Waals surface area contributed by atoms with E-state index in [1.165, 1.54) is 24.3 Å². The lowest BCUT2D eigenvalue weighted by atomic mass is 10.1. The molecule has 0 aliphatic heterocycles. The van der Waals surface area contributed by atoms with Gasteiger partial charge in [0.15, 0.2) is 5.78 Å². The average molecular weight is 294 g/mol. The highest BCUT2D eigenvalue weighted by Crippen LogP contribution is 2.29. The Kier molecular flexibility index (Phi) is 4.21. The molecule has 0 N–H and O–H groups in total. The molecule has 0 amide bonds. The number of allylic oxidation sites excluding steroid dienone is 1. The summed E-state index contributed by atoms with van der Waals surface area (Å²) in [6, 6.07) is 9.74. The third-order valence-corrected chi connectivity index (χ3v) is 2.82. The van der Waals surface area contributed by atoms with Crippen LogP contribution in [0.4, 0.5) is 17.6 Å². The number of carbonyl (C=O) groups is 1. The molecule has 0 saturated carbocycles. The molecule has 2 aromatic carbocycles. The summed E-state index contributed by atoms with van der Waals surface area (Å²) >= 11 is 0. The number of carbonyl (C=O) groups excluding carboxylic acids is 1. The van der Waals surface area contributed by atoms with Crippen LogP contribution in [0.25, 0.3) is 6.08 Å². The molecule has 1 nitrogen and oxygen atoms in total. The second-order valence-corrected chi connectivity index (χ2v) is 4.29. The van der Waals surface area contributed by atoms with Crippen LogP contribution in [0.2, 0.25) is 0 Å². The van der Waals surface area contributed by atoms with Gasteiger partial charge in [-0.1, -0.05) is 30.3 Å². The molecule has 5 heteroatoms. The van der Waals surface area contributed by atoms with Gasteiger partial charge in [0, 0.05) is 11.1 Å². The smallest absolute Gasteiger partial charge is 0.289 e. The van der Waals surface area contributed by atoms with E-state index in [1.54, 1.807) is 6.07 Å². The van der Waals surface area contributed by atoms with Crippen LogP contribution in [0.15, 0.2) is 54.6 Å². The largest absolute Gasteiger partial charge is 0.416 e. The van der Waals surface area contributed by atoms with E-state index in [1.807, 2.05) is 0 Å². The van der Waals surface area contributed by atoms with E-state index in [0.717, 1.165) is 30.3 Å². The number of rotatable bonds is 3. The molecule has 0 aliphatic carbocycles. The highest BCUT2D eigenvalue weighted by Gasteiger charge is 2.30. The third-order valence-electron chi connectivity index (χ3n) is 2.82. The maximum Gasteiger partial charge on any atom is 0.416 e. The first kappa shape index (κ1) is 15.0. The molecule has 0 bridgehead atoms. The first-order chi connectivity index (χ1) is 9.88. The van der Waals surface area contributed by atoms with Crippen molar-refractivity contribution in [2.75, 3.05) is 0 Å². The summed E-state index contributed by atoms with van der Waals surface area (Å²) < 4.78 is 50.5. The molecule has 0 aliphatic rings. The van der Waals surface area contributed by atoms with Crippen LogP contribution >= 0.6 is 0 Å². The predicted octanol–water partition coefficient (Wildman–Crippen LogP) is 4.74. The van der Waals surface area contributed by atoms with Crippen molar-refractivity contribution in [2.24, 2.45) is 0 Å². The van der Waals surface area contributed by atoms with Gasteiger partial charge in [0.1, 0.15) is 5.82 Å². The minimum atomic E-state index is -4.44. The lowest BCUT2D eigenvalue weighted by Gasteiger charge is -2.06. The van der Waals surface area contributed by atoms with E-state index in [4.69, 9.17) is 0 Å². The molecule has 21 heavy (non-hydrogen) atoms. The Hall–Kier alpha value is -2.43. The number of halogens is 4. The Bertz CT molecular complexity index is 669. The van der Waals surface area contributed by atoms with E-state index < -0.39 is 23.3 Å². The summed E-state index contributed by atoms with van der Waals surface area (Å²) in [6.45, 7) is 0. The van der Waals surface area contributed by atoms with Crippen LogP contribution in [0.3, 0.4) is 0 Å². The zero-order valence-electron chi connectivity index (χ0n) is 10.7. The number of hydrogen-bond donors (Lipinski definition) is 0. The van der Waals surface area contributed by atoms with E-state index in [2.05, 4.69) is 0 Å². The van der Waals surface area contributed by atoms with Gasteiger partial charge in [0.05, 0.1) is 5.56 Å². The number of alkyl halides is 3. The molecule has 0 saturated heterocycles. The fraction of sp³-hybridized carbons (Fsp3) is 0.0625. The quantitative estimate of drug-likeness (QED) is 0.454. The van der Waals surface area contributed by atoms with E-state index in [0.29, 0.717) is 0 Å². The molecule has 0 unspecified atom stereocenters. The number of hydrogen-bond acceptors (Lipinski definition) is 1. The van der Waals surface area contributed by atoms with Gasteiger partial charge in [-0.3, -0.25) is 4.79 Å². The van der Waals surface area contributed by atoms with E-state index in [-0.39, 0.29) is 11.1 Å². The standard InChI is InChI=1S/C16H10F4O/c17-14-4-2-1-3-11(14)7-10-15(21)12-5-8-13(9-6-12)16(18,19)20/h1-10H. The third kappa shape index (κ3) is 3.78. The summed E-state index contributed by atoms with van der Waals surface area (Å²) in [4.78, 5) is 11.8. The molecule has 0 aromatic heterocycles. The van der Waals surface area contributed by atoms with Gasteiger partial charge < -0.3 is 0 Å². The minimum absolute atomic E-state index is 0.107. The highest BCUT2D eigenvalue weighted by molar-refractivity contribution is 6.06. The molecule has 0 atom stereocenters. The maximum absolute atomic E-state index is 13.3. The van der Waals surface area contributed by atoms with Crippen molar-refractivity contribution in [3.63, 3.8) is 0 Å². The summed E-state index contributed by atoms with van der Waals surface area (Å²) in [5.41, 5.74) is -0.481. The summed E-state index contributed by atoms with van der Waals surface area (Å²) in [7, 11) is 0. The first-order valence-corrected chi connectivity index (χ1v) is 6.02. The van der Waals surface area contributed by atoms with Crippen molar-refractivity contribution in [1.82, 2.24) is 0 Å². The number of ketones is 1. The predicted molar refractivity (Wildman–Crippen MR) is 71.2 cm³/mol. The Balaban J connectivity index is 2.16. The van der Waals surface area contributed by atoms with Crippen LogP contribution in [0.5, 0.6) is 0 Å². The van der Waals surface area contributed by atoms with Crippen molar-refractivity contribution >= 4 is 11.9 Å². The lowest BCUT2D eigenvalue weighted by molar-refractivity contribution is -0.137. The fourth-order valence-corrected chi connectivity index (χ4v) is 1.70. The first-order valence-electron chi connectivity index (χ1n) is 6.02. The molecule has 108 valence electrons. The molecule has 2 rings (SSSR count). The Morgan fingerprint density at radius 3 is 2.14 bits per heavy atom. The van der Waals surface area contributed by atoms with Crippen molar-refractivity contribution in [1.29, 1.82) is 0 Å². The summed E-state index contributed by atoms with van der Waals surface area (Å²) in [6.07, 6.45) is -2.03. The minimum Gasteiger partial charge on any atom is -0.289 e. The SMILES string of the molecule is O=C(C=Cc1ccccc1F)c1ccc(C(F)(F)F)cc1. The molecule has 0 spiro atoms. The molecular formula is C16H10F4O. The summed E-state index contributed by atoms with van der Waals surface area (Å²) in [5, 5.41) is 0. The Morgan fingerprint density at radius 1 is 0.952 bits per heavy atom. The monoisotopic (exact) mass is 294 g/mol. The normalized spacial score (nSPS) is 11.8. The zero-order chi connectivity index (χ0) is 15.5. The number of benzene rings is 2. The van der Waals surface area contributed by atoms with Crippen LogP contribution in [0, 0.1) is 5.82 Å². The van der Waals surface area contributed by atoms with Gasteiger partial charge in [0.2, 0.25) is 0 Å². The van der Waals surface area contributed by atoms with E-state index in [9.17, 15) is 22.4 Å². The van der Waals surface area contributed by atoms with Crippen LogP contribution in [-0.2, 0) is 6.18 Å². The van der Waals surface area contributed by atoms with Crippen molar-refractivity contribution < 1.29 is 22.4 Å². The maximum atomic E-state index is 13.3. The van der Waals surface area contributed by atoms with Gasteiger partial charge in [0.25, 0.3) is 0 Å². The second kappa shape index (κ2) is 5.91. The van der Waals surface area contributed by atoms with E-state index >= 15 is 0 Å². The zero-order valence-corrected chi connectivity index (χ0v) is 10.7. The Labute approximate surface area is 118 Å². The summed E-state index contributed by atoms with van der Waals surface area (Å²) in [5.74, 6) is -0.971. The Morgan fingerprint density at radius 2 is 1.57 bits per heavy atom.